The lowest BCUT2D eigenvalue weighted by atomic mass is 9.82. The van der Waals surface area contributed by atoms with Crippen LogP contribution < -0.4 is 15.2 Å². The highest BCUT2D eigenvalue weighted by Crippen LogP contribution is 2.51. The standard InChI is InChI=1S/C17H16BrN3O3/c1-2-5-22-11-7-13-15(20-8-11)24-14-4-3-10(18)6-12(14)17(13)9-23-16(19)21-17/h3-4,6-8H,2,5,9H2,1H3,(H2,19,21). The lowest BCUT2D eigenvalue weighted by molar-refractivity contribution is 0.260. The molecule has 7 heteroatoms. The van der Waals surface area contributed by atoms with Crippen molar-refractivity contribution in [3.8, 4) is 17.4 Å². The topological polar surface area (TPSA) is 79.0 Å². The van der Waals surface area contributed by atoms with Gasteiger partial charge in [0.25, 0.3) is 6.02 Å². The van der Waals surface area contributed by atoms with Gasteiger partial charge in [-0.3, -0.25) is 0 Å². The molecule has 3 heterocycles. The summed E-state index contributed by atoms with van der Waals surface area (Å²) in [4.78, 5) is 9.01. The molecule has 0 fully saturated rings. The van der Waals surface area contributed by atoms with Gasteiger partial charge in [0, 0.05) is 10.0 Å². The second kappa shape index (κ2) is 5.66. The Hall–Kier alpha value is -2.28. The molecule has 0 amide bonds. The molecule has 0 aliphatic carbocycles. The van der Waals surface area contributed by atoms with Gasteiger partial charge in [0.1, 0.15) is 18.1 Å². The van der Waals surface area contributed by atoms with Crippen LogP contribution in [0.5, 0.6) is 17.4 Å². The summed E-state index contributed by atoms with van der Waals surface area (Å²) in [5.41, 5.74) is 6.75. The number of ether oxygens (including phenoxy) is 3. The Morgan fingerprint density at radius 1 is 1.33 bits per heavy atom. The molecule has 1 atom stereocenters. The van der Waals surface area contributed by atoms with Gasteiger partial charge in [-0.25, -0.2) is 9.98 Å². The van der Waals surface area contributed by atoms with E-state index >= 15 is 0 Å². The third kappa shape index (κ3) is 2.31. The monoisotopic (exact) mass is 389 g/mol. The summed E-state index contributed by atoms with van der Waals surface area (Å²) in [7, 11) is 0. The first kappa shape index (κ1) is 15.3. The molecule has 0 radical (unpaired) electrons. The summed E-state index contributed by atoms with van der Waals surface area (Å²) >= 11 is 3.51. The van der Waals surface area contributed by atoms with Gasteiger partial charge < -0.3 is 19.9 Å². The van der Waals surface area contributed by atoms with Crippen molar-refractivity contribution in [3.63, 3.8) is 0 Å². The highest BCUT2D eigenvalue weighted by Gasteiger charge is 2.47. The predicted octanol–water partition coefficient (Wildman–Crippen LogP) is 3.33. The van der Waals surface area contributed by atoms with Crippen molar-refractivity contribution in [3.05, 3.63) is 46.1 Å². The summed E-state index contributed by atoms with van der Waals surface area (Å²) in [5.74, 6) is 1.87. The van der Waals surface area contributed by atoms with Crippen molar-refractivity contribution in [2.45, 2.75) is 18.9 Å². The molecule has 2 aliphatic rings. The van der Waals surface area contributed by atoms with Gasteiger partial charge in [-0.2, -0.15) is 0 Å². The van der Waals surface area contributed by atoms with Gasteiger partial charge in [-0.05, 0) is 30.7 Å². The molecule has 2 aromatic rings. The summed E-state index contributed by atoms with van der Waals surface area (Å²) in [6.07, 6.45) is 2.58. The molecule has 1 aromatic heterocycles. The number of nitrogens with zero attached hydrogens (tertiary/aromatic N) is 2. The minimum absolute atomic E-state index is 0.161. The van der Waals surface area contributed by atoms with E-state index in [0.717, 1.165) is 22.0 Å². The Morgan fingerprint density at radius 3 is 2.96 bits per heavy atom. The van der Waals surface area contributed by atoms with Crippen molar-refractivity contribution < 1.29 is 14.2 Å². The van der Waals surface area contributed by atoms with Gasteiger partial charge in [0.15, 0.2) is 5.54 Å². The van der Waals surface area contributed by atoms with Crippen LogP contribution in [0.2, 0.25) is 0 Å². The van der Waals surface area contributed by atoms with Crippen LogP contribution in [0.4, 0.5) is 0 Å². The van der Waals surface area contributed by atoms with Crippen LogP contribution in [0, 0.1) is 0 Å². The zero-order valence-electron chi connectivity index (χ0n) is 13.1. The highest BCUT2D eigenvalue weighted by molar-refractivity contribution is 9.10. The first-order valence-corrected chi connectivity index (χ1v) is 8.51. The van der Waals surface area contributed by atoms with Crippen molar-refractivity contribution in [2.75, 3.05) is 13.2 Å². The van der Waals surface area contributed by atoms with Gasteiger partial charge in [0.2, 0.25) is 5.88 Å². The van der Waals surface area contributed by atoms with Crippen molar-refractivity contribution >= 4 is 22.0 Å². The quantitative estimate of drug-likeness (QED) is 0.870. The first-order chi connectivity index (χ1) is 11.6. The molecule has 1 aromatic carbocycles. The van der Waals surface area contributed by atoms with Crippen LogP contribution in [0.15, 0.2) is 39.9 Å². The Morgan fingerprint density at radius 2 is 2.21 bits per heavy atom. The molecule has 24 heavy (non-hydrogen) atoms. The molecule has 0 saturated carbocycles. The molecule has 2 N–H and O–H groups in total. The van der Waals surface area contributed by atoms with Crippen LogP contribution in [0.25, 0.3) is 0 Å². The Bertz CT molecular complexity index is 840. The second-order valence-corrected chi connectivity index (χ2v) is 6.63. The van der Waals surface area contributed by atoms with Crippen LogP contribution >= 0.6 is 15.9 Å². The van der Waals surface area contributed by atoms with Gasteiger partial charge in [0.05, 0.1) is 18.4 Å². The maximum Gasteiger partial charge on any atom is 0.283 e. The number of aliphatic imine (C=N–C) groups is 1. The molecule has 0 saturated heterocycles. The fraction of sp³-hybridized carbons (Fsp3) is 0.294. The molecule has 6 nitrogen and oxygen atoms in total. The fourth-order valence-corrected chi connectivity index (χ4v) is 3.34. The van der Waals surface area contributed by atoms with Crippen molar-refractivity contribution in [1.29, 1.82) is 0 Å². The third-order valence-corrected chi connectivity index (χ3v) is 4.56. The Kier molecular flexibility index (Phi) is 3.60. The maximum absolute atomic E-state index is 5.96. The van der Waals surface area contributed by atoms with Crippen LogP contribution in [-0.4, -0.2) is 24.2 Å². The lowest BCUT2D eigenvalue weighted by Gasteiger charge is -2.32. The number of aromatic nitrogens is 1. The molecule has 2 aliphatic heterocycles. The van der Waals surface area contributed by atoms with Crippen LogP contribution in [-0.2, 0) is 10.3 Å². The van der Waals surface area contributed by atoms with E-state index in [1.807, 2.05) is 24.3 Å². The minimum Gasteiger partial charge on any atom is -0.492 e. The number of benzene rings is 1. The minimum atomic E-state index is -0.768. The molecule has 1 unspecified atom stereocenters. The molecule has 1 spiro atoms. The number of amidine groups is 1. The van der Waals surface area contributed by atoms with E-state index < -0.39 is 5.54 Å². The smallest absolute Gasteiger partial charge is 0.283 e. The van der Waals surface area contributed by atoms with Crippen LogP contribution in [0.3, 0.4) is 0 Å². The van der Waals surface area contributed by atoms with Gasteiger partial charge in [-0.15, -0.1) is 0 Å². The van der Waals surface area contributed by atoms with Crippen LogP contribution in [0.1, 0.15) is 24.5 Å². The van der Waals surface area contributed by atoms with Crippen molar-refractivity contribution in [1.82, 2.24) is 4.98 Å². The number of hydrogen-bond acceptors (Lipinski definition) is 6. The number of fused-ring (bicyclic) bond motifs is 4. The zero-order valence-corrected chi connectivity index (χ0v) is 14.7. The molecular weight excluding hydrogens is 374 g/mol. The van der Waals surface area contributed by atoms with E-state index in [0.29, 0.717) is 30.6 Å². The number of nitrogens with two attached hydrogens (primary N) is 1. The Balaban J connectivity index is 1.90. The predicted molar refractivity (Wildman–Crippen MR) is 92.6 cm³/mol. The maximum atomic E-state index is 5.96. The number of pyridine rings is 1. The fourth-order valence-electron chi connectivity index (χ4n) is 2.98. The lowest BCUT2D eigenvalue weighted by Crippen LogP contribution is -2.31. The molecule has 4 rings (SSSR count). The van der Waals surface area contributed by atoms with E-state index in [1.165, 1.54) is 0 Å². The Labute approximate surface area is 147 Å². The normalized spacial score (nSPS) is 20.7. The van der Waals surface area contributed by atoms with E-state index in [9.17, 15) is 0 Å². The molecular formula is C17H16BrN3O3. The first-order valence-electron chi connectivity index (χ1n) is 7.72. The summed E-state index contributed by atoms with van der Waals surface area (Å²) in [5, 5.41) is 0. The third-order valence-electron chi connectivity index (χ3n) is 4.07. The summed E-state index contributed by atoms with van der Waals surface area (Å²) in [6, 6.07) is 7.85. The van der Waals surface area contributed by atoms with E-state index in [-0.39, 0.29) is 6.02 Å². The summed E-state index contributed by atoms with van der Waals surface area (Å²) in [6.45, 7) is 2.98. The number of halogens is 1. The number of hydrogen-bond donors (Lipinski definition) is 1. The summed E-state index contributed by atoms with van der Waals surface area (Å²) < 4.78 is 18.1. The SMILES string of the molecule is CCCOc1cnc2c(c1)C1(COC(N)=N1)c1cc(Br)ccc1O2. The molecule has 124 valence electrons. The average molecular weight is 390 g/mol. The van der Waals surface area contributed by atoms with E-state index in [4.69, 9.17) is 19.9 Å². The number of rotatable bonds is 3. The second-order valence-electron chi connectivity index (χ2n) is 5.71. The van der Waals surface area contributed by atoms with E-state index in [2.05, 4.69) is 32.8 Å². The van der Waals surface area contributed by atoms with Gasteiger partial charge in [-0.1, -0.05) is 22.9 Å². The zero-order chi connectivity index (χ0) is 16.7. The molecule has 0 bridgehead atoms. The highest BCUT2D eigenvalue weighted by atomic mass is 79.9. The largest absolute Gasteiger partial charge is 0.492 e. The van der Waals surface area contributed by atoms with E-state index in [1.54, 1.807) is 6.20 Å². The van der Waals surface area contributed by atoms with Crippen molar-refractivity contribution in [2.24, 2.45) is 10.7 Å². The van der Waals surface area contributed by atoms with Gasteiger partial charge >= 0.3 is 0 Å². The average Bonchev–Trinajstić information content (AvgIpc) is 2.97.